The van der Waals surface area contributed by atoms with E-state index in [4.69, 9.17) is 15.7 Å². The van der Waals surface area contributed by atoms with Crippen molar-refractivity contribution in [2.24, 2.45) is 5.73 Å². The van der Waals surface area contributed by atoms with Gasteiger partial charge in [0.05, 0.1) is 18.2 Å². The van der Waals surface area contributed by atoms with E-state index in [-0.39, 0.29) is 6.04 Å². The van der Waals surface area contributed by atoms with Gasteiger partial charge in [-0.2, -0.15) is 5.26 Å². The molecule has 1 aromatic rings. The molecule has 0 saturated heterocycles. The highest BCUT2D eigenvalue weighted by Gasteiger charge is 2.05. The lowest BCUT2D eigenvalue weighted by Crippen LogP contribution is -2.16. The van der Waals surface area contributed by atoms with Gasteiger partial charge in [0.25, 0.3) is 0 Å². The van der Waals surface area contributed by atoms with Crippen molar-refractivity contribution in [2.45, 2.75) is 6.04 Å². The molecule has 13 heavy (non-hydrogen) atoms. The minimum Gasteiger partial charge on any atom is -0.383 e. The van der Waals surface area contributed by atoms with E-state index in [2.05, 4.69) is 4.98 Å². The molecule has 1 aromatic heterocycles. The first kappa shape index (κ1) is 9.65. The van der Waals surface area contributed by atoms with Crippen LogP contribution in [0.1, 0.15) is 17.2 Å². The van der Waals surface area contributed by atoms with Gasteiger partial charge in [-0.15, -0.1) is 0 Å². The number of rotatable bonds is 3. The van der Waals surface area contributed by atoms with Gasteiger partial charge < -0.3 is 10.5 Å². The lowest BCUT2D eigenvalue weighted by molar-refractivity contribution is 0.181. The predicted molar refractivity (Wildman–Crippen MR) is 47.8 cm³/mol. The van der Waals surface area contributed by atoms with Crippen LogP contribution in [0, 0.1) is 11.3 Å². The first-order valence-corrected chi connectivity index (χ1v) is 3.87. The molecule has 68 valence electrons. The molecule has 0 aliphatic rings. The number of nitriles is 1. The fourth-order valence-electron chi connectivity index (χ4n) is 0.997. The number of nitrogens with zero attached hydrogens (tertiary/aromatic N) is 2. The smallest absolute Gasteiger partial charge is 0.101 e. The molecule has 0 unspecified atom stereocenters. The van der Waals surface area contributed by atoms with Crippen molar-refractivity contribution in [1.82, 2.24) is 4.98 Å². The van der Waals surface area contributed by atoms with Gasteiger partial charge in [-0.25, -0.2) is 0 Å². The molecule has 2 N–H and O–H groups in total. The number of nitrogens with two attached hydrogens (primary N) is 1. The first-order valence-electron chi connectivity index (χ1n) is 3.87. The standard InChI is InChI=1S/C9H11N3O/c1-13-6-9(11)8-2-7(3-10)4-12-5-8/h2,4-5,9H,6,11H2,1H3/t9-/m0/s1. The zero-order valence-corrected chi connectivity index (χ0v) is 7.40. The second-order valence-corrected chi connectivity index (χ2v) is 2.68. The quantitative estimate of drug-likeness (QED) is 0.733. The second kappa shape index (κ2) is 4.55. The van der Waals surface area contributed by atoms with Crippen molar-refractivity contribution in [3.63, 3.8) is 0 Å². The van der Waals surface area contributed by atoms with Crippen LogP contribution in [-0.2, 0) is 4.74 Å². The van der Waals surface area contributed by atoms with E-state index in [9.17, 15) is 0 Å². The summed E-state index contributed by atoms with van der Waals surface area (Å²) in [4.78, 5) is 3.90. The Morgan fingerprint density at radius 3 is 3.08 bits per heavy atom. The summed E-state index contributed by atoms with van der Waals surface area (Å²) in [5, 5.41) is 8.61. The molecule has 1 atom stereocenters. The van der Waals surface area contributed by atoms with E-state index in [0.717, 1.165) is 5.56 Å². The van der Waals surface area contributed by atoms with E-state index in [0.29, 0.717) is 12.2 Å². The van der Waals surface area contributed by atoms with Gasteiger partial charge in [-0.1, -0.05) is 0 Å². The van der Waals surface area contributed by atoms with Crippen LogP contribution in [0.5, 0.6) is 0 Å². The van der Waals surface area contributed by atoms with Crippen LogP contribution in [0.2, 0.25) is 0 Å². The highest BCUT2D eigenvalue weighted by Crippen LogP contribution is 2.10. The largest absolute Gasteiger partial charge is 0.383 e. The van der Waals surface area contributed by atoms with Gasteiger partial charge >= 0.3 is 0 Å². The maximum Gasteiger partial charge on any atom is 0.101 e. The minimum absolute atomic E-state index is 0.217. The Labute approximate surface area is 77.0 Å². The van der Waals surface area contributed by atoms with Gasteiger partial charge in [0.2, 0.25) is 0 Å². The van der Waals surface area contributed by atoms with E-state index in [1.165, 1.54) is 6.20 Å². The lowest BCUT2D eigenvalue weighted by Gasteiger charge is -2.09. The molecule has 0 radical (unpaired) electrons. The van der Waals surface area contributed by atoms with Crippen LogP contribution < -0.4 is 5.73 Å². The maximum absolute atomic E-state index is 8.61. The molecule has 0 aliphatic heterocycles. The molecule has 0 aliphatic carbocycles. The van der Waals surface area contributed by atoms with Gasteiger partial charge in [0.15, 0.2) is 0 Å². The van der Waals surface area contributed by atoms with Gasteiger partial charge in [-0.05, 0) is 11.6 Å². The summed E-state index contributed by atoms with van der Waals surface area (Å²) >= 11 is 0. The fraction of sp³-hybridized carbons (Fsp3) is 0.333. The van der Waals surface area contributed by atoms with Crippen LogP contribution in [0.3, 0.4) is 0 Å². The Hall–Kier alpha value is -1.44. The van der Waals surface area contributed by atoms with Crippen LogP contribution in [-0.4, -0.2) is 18.7 Å². The van der Waals surface area contributed by atoms with Crippen LogP contribution >= 0.6 is 0 Å². The highest BCUT2D eigenvalue weighted by molar-refractivity contribution is 5.30. The van der Waals surface area contributed by atoms with E-state index < -0.39 is 0 Å². The SMILES string of the molecule is COC[C@H](N)c1cncc(C#N)c1. The monoisotopic (exact) mass is 177 g/mol. The molecule has 0 saturated carbocycles. The summed E-state index contributed by atoms with van der Waals surface area (Å²) < 4.78 is 4.90. The first-order chi connectivity index (χ1) is 6.27. The third kappa shape index (κ3) is 2.51. The number of ether oxygens (including phenoxy) is 1. The van der Waals surface area contributed by atoms with Crippen LogP contribution in [0.25, 0.3) is 0 Å². The van der Waals surface area contributed by atoms with Crippen molar-refractivity contribution < 1.29 is 4.74 Å². The fourth-order valence-corrected chi connectivity index (χ4v) is 0.997. The molecule has 0 bridgehead atoms. The Bertz CT molecular complexity index is 319. The van der Waals surface area contributed by atoms with Crippen molar-refractivity contribution in [3.8, 4) is 6.07 Å². The summed E-state index contributed by atoms with van der Waals surface area (Å²) in [6, 6.07) is 3.51. The number of pyridine rings is 1. The zero-order chi connectivity index (χ0) is 9.68. The predicted octanol–water partition coefficient (Wildman–Crippen LogP) is 0.599. The zero-order valence-electron chi connectivity index (χ0n) is 7.40. The molecule has 0 fully saturated rings. The molecule has 0 amide bonds. The minimum atomic E-state index is -0.217. The Kier molecular flexibility index (Phi) is 3.38. The highest BCUT2D eigenvalue weighted by atomic mass is 16.5. The number of aromatic nitrogens is 1. The molecule has 0 aromatic carbocycles. The van der Waals surface area contributed by atoms with Crippen molar-refractivity contribution >= 4 is 0 Å². The molecule has 4 nitrogen and oxygen atoms in total. The third-order valence-electron chi connectivity index (χ3n) is 1.66. The average Bonchev–Trinajstić information content (AvgIpc) is 2.18. The average molecular weight is 177 g/mol. The van der Waals surface area contributed by atoms with Crippen LogP contribution in [0.15, 0.2) is 18.5 Å². The lowest BCUT2D eigenvalue weighted by atomic mass is 10.1. The van der Waals surface area contributed by atoms with E-state index in [1.807, 2.05) is 6.07 Å². The maximum atomic E-state index is 8.61. The molecule has 1 rings (SSSR count). The Morgan fingerprint density at radius 2 is 2.46 bits per heavy atom. The Morgan fingerprint density at radius 1 is 1.69 bits per heavy atom. The van der Waals surface area contributed by atoms with E-state index >= 15 is 0 Å². The Balaban J connectivity index is 2.83. The summed E-state index contributed by atoms with van der Waals surface area (Å²) in [6.45, 7) is 0.427. The molecule has 0 spiro atoms. The summed E-state index contributed by atoms with van der Waals surface area (Å²) in [5.74, 6) is 0. The number of methoxy groups -OCH3 is 1. The number of hydrogen-bond acceptors (Lipinski definition) is 4. The molecular weight excluding hydrogens is 166 g/mol. The third-order valence-corrected chi connectivity index (χ3v) is 1.66. The second-order valence-electron chi connectivity index (χ2n) is 2.68. The van der Waals surface area contributed by atoms with Crippen molar-refractivity contribution in [2.75, 3.05) is 13.7 Å². The van der Waals surface area contributed by atoms with Crippen molar-refractivity contribution in [1.29, 1.82) is 5.26 Å². The van der Waals surface area contributed by atoms with Gasteiger partial charge in [0.1, 0.15) is 6.07 Å². The summed E-state index contributed by atoms with van der Waals surface area (Å²) in [6.07, 6.45) is 3.15. The molecule has 4 heteroatoms. The van der Waals surface area contributed by atoms with Crippen molar-refractivity contribution in [3.05, 3.63) is 29.6 Å². The molecular formula is C9H11N3O. The van der Waals surface area contributed by atoms with Crippen LogP contribution in [0.4, 0.5) is 0 Å². The molecule has 1 heterocycles. The van der Waals surface area contributed by atoms with Gasteiger partial charge in [0, 0.05) is 19.5 Å². The van der Waals surface area contributed by atoms with E-state index in [1.54, 1.807) is 19.4 Å². The number of hydrogen-bond donors (Lipinski definition) is 1. The van der Waals surface area contributed by atoms with Gasteiger partial charge in [-0.3, -0.25) is 4.98 Å². The normalized spacial score (nSPS) is 12.1. The summed E-state index contributed by atoms with van der Waals surface area (Å²) in [7, 11) is 1.58. The topological polar surface area (TPSA) is 71.9 Å². The summed E-state index contributed by atoms with van der Waals surface area (Å²) in [5.41, 5.74) is 7.09.